The van der Waals surface area contributed by atoms with Crippen LogP contribution in [-0.2, 0) is 0 Å². The fraction of sp³-hybridized carbons (Fsp3) is 0.333. The fourth-order valence-electron chi connectivity index (χ4n) is 1.58. The standard InChI is InChI=1S/C12H16N4/c1-9(2)12(13)11-8-14-15-16(11)10-6-4-3-5-7-10/h3-9,12H,13H2,1-2H3. The zero-order chi connectivity index (χ0) is 11.5. The van der Waals surface area contributed by atoms with Crippen molar-refractivity contribution in [3.8, 4) is 5.69 Å². The maximum Gasteiger partial charge on any atom is 0.0815 e. The first-order valence-corrected chi connectivity index (χ1v) is 5.41. The maximum atomic E-state index is 6.12. The van der Waals surface area contributed by atoms with E-state index in [2.05, 4.69) is 24.2 Å². The third-order valence-electron chi connectivity index (χ3n) is 2.64. The van der Waals surface area contributed by atoms with Gasteiger partial charge in [-0.1, -0.05) is 37.3 Å². The van der Waals surface area contributed by atoms with Gasteiger partial charge in [-0.15, -0.1) is 5.10 Å². The fourth-order valence-corrected chi connectivity index (χ4v) is 1.58. The zero-order valence-corrected chi connectivity index (χ0v) is 9.54. The van der Waals surface area contributed by atoms with Crippen LogP contribution in [0.2, 0.25) is 0 Å². The molecule has 0 aliphatic carbocycles. The van der Waals surface area contributed by atoms with Crippen LogP contribution in [0.25, 0.3) is 5.69 Å². The quantitative estimate of drug-likeness (QED) is 0.852. The van der Waals surface area contributed by atoms with Crippen LogP contribution in [0.15, 0.2) is 36.5 Å². The summed E-state index contributed by atoms with van der Waals surface area (Å²) in [6, 6.07) is 9.86. The van der Waals surface area contributed by atoms with E-state index in [0.717, 1.165) is 11.4 Å². The molecule has 1 aromatic heterocycles. The molecule has 0 fully saturated rings. The molecular formula is C12H16N4. The third-order valence-corrected chi connectivity index (χ3v) is 2.64. The molecule has 0 bridgehead atoms. The summed E-state index contributed by atoms with van der Waals surface area (Å²) in [6.07, 6.45) is 1.73. The first kappa shape index (κ1) is 10.8. The Kier molecular flexibility index (Phi) is 3.01. The van der Waals surface area contributed by atoms with Gasteiger partial charge >= 0.3 is 0 Å². The molecule has 4 heteroatoms. The van der Waals surface area contributed by atoms with Crippen molar-refractivity contribution in [2.24, 2.45) is 11.7 Å². The SMILES string of the molecule is CC(C)C(N)c1cnnn1-c1ccccc1. The summed E-state index contributed by atoms with van der Waals surface area (Å²) >= 11 is 0. The molecule has 16 heavy (non-hydrogen) atoms. The minimum atomic E-state index is -0.0461. The van der Waals surface area contributed by atoms with Gasteiger partial charge in [-0.3, -0.25) is 0 Å². The van der Waals surface area contributed by atoms with E-state index in [-0.39, 0.29) is 6.04 Å². The van der Waals surface area contributed by atoms with Crippen LogP contribution in [0.1, 0.15) is 25.6 Å². The highest BCUT2D eigenvalue weighted by Crippen LogP contribution is 2.20. The van der Waals surface area contributed by atoms with Crippen LogP contribution in [0, 0.1) is 5.92 Å². The molecule has 0 radical (unpaired) electrons. The molecule has 0 aliphatic rings. The van der Waals surface area contributed by atoms with E-state index in [9.17, 15) is 0 Å². The second-order valence-corrected chi connectivity index (χ2v) is 4.18. The van der Waals surface area contributed by atoms with Crippen molar-refractivity contribution in [2.45, 2.75) is 19.9 Å². The topological polar surface area (TPSA) is 56.7 Å². The van der Waals surface area contributed by atoms with Gasteiger partial charge in [0.15, 0.2) is 0 Å². The summed E-state index contributed by atoms with van der Waals surface area (Å²) in [5.74, 6) is 0.362. The third kappa shape index (κ3) is 1.97. The lowest BCUT2D eigenvalue weighted by molar-refractivity contribution is 0.490. The number of aromatic nitrogens is 3. The summed E-state index contributed by atoms with van der Waals surface area (Å²) in [5.41, 5.74) is 8.06. The molecule has 0 aliphatic heterocycles. The van der Waals surface area contributed by atoms with Crippen LogP contribution in [-0.4, -0.2) is 15.0 Å². The summed E-state index contributed by atoms with van der Waals surface area (Å²) in [4.78, 5) is 0. The lowest BCUT2D eigenvalue weighted by atomic mass is 10.0. The molecule has 2 N–H and O–H groups in total. The average molecular weight is 216 g/mol. The Morgan fingerprint density at radius 3 is 2.50 bits per heavy atom. The number of hydrogen-bond donors (Lipinski definition) is 1. The predicted octanol–water partition coefficient (Wildman–Crippen LogP) is 1.92. The highest BCUT2D eigenvalue weighted by molar-refractivity contribution is 5.32. The van der Waals surface area contributed by atoms with E-state index < -0.39 is 0 Å². The molecule has 0 saturated carbocycles. The Hall–Kier alpha value is -1.68. The number of nitrogens with two attached hydrogens (primary N) is 1. The highest BCUT2D eigenvalue weighted by Gasteiger charge is 2.16. The molecule has 2 aromatic rings. The number of rotatable bonds is 3. The Labute approximate surface area is 95.1 Å². The van der Waals surface area contributed by atoms with Gasteiger partial charge in [-0.2, -0.15) is 0 Å². The molecule has 1 heterocycles. The molecule has 1 unspecified atom stereocenters. The monoisotopic (exact) mass is 216 g/mol. The van der Waals surface area contributed by atoms with Gasteiger partial charge in [0.05, 0.1) is 23.6 Å². The summed E-state index contributed by atoms with van der Waals surface area (Å²) in [7, 11) is 0. The van der Waals surface area contributed by atoms with Crippen LogP contribution in [0.3, 0.4) is 0 Å². The summed E-state index contributed by atoms with van der Waals surface area (Å²) in [6.45, 7) is 4.18. The van der Waals surface area contributed by atoms with Crippen molar-refractivity contribution in [2.75, 3.05) is 0 Å². The molecule has 1 atom stereocenters. The molecule has 0 saturated heterocycles. The van der Waals surface area contributed by atoms with Crippen molar-refractivity contribution in [1.82, 2.24) is 15.0 Å². The van der Waals surface area contributed by atoms with Crippen molar-refractivity contribution in [1.29, 1.82) is 0 Å². The van der Waals surface area contributed by atoms with Gasteiger partial charge in [-0.25, -0.2) is 4.68 Å². The molecular weight excluding hydrogens is 200 g/mol. The van der Waals surface area contributed by atoms with Crippen LogP contribution < -0.4 is 5.73 Å². The Morgan fingerprint density at radius 1 is 1.19 bits per heavy atom. The zero-order valence-electron chi connectivity index (χ0n) is 9.54. The van der Waals surface area contributed by atoms with E-state index in [1.807, 2.05) is 30.3 Å². The summed E-state index contributed by atoms with van der Waals surface area (Å²) in [5, 5.41) is 8.01. The first-order valence-electron chi connectivity index (χ1n) is 5.41. The number of benzene rings is 1. The van der Waals surface area contributed by atoms with Gasteiger partial charge in [0, 0.05) is 0 Å². The van der Waals surface area contributed by atoms with E-state index in [4.69, 9.17) is 5.73 Å². The van der Waals surface area contributed by atoms with Crippen molar-refractivity contribution in [3.05, 3.63) is 42.2 Å². The van der Waals surface area contributed by atoms with Crippen molar-refractivity contribution in [3.63, 3.8) is 0 Å². The predicted molar refractivity (Wildman–Crippen MR) is 63.1 cm³/mol. The van der Waals surface area contributed by atoms with E-state index >= 15 is 0 Å². The van der Waals surface area contributed by atoms with Crippen LogP contribution in [0.4, 0.5) is 0 Å². The van der Waals surface area contributed by atoms with Gasteiger partial charge < -0.3 is 5.73 Å². The number of hydrogen-bond acceptors (Lipinski definition) is 3. The van der Waals surface area contributed by atoms with Gasteiger partial charge in [-0.05, 0) is 18.1 Å². The van der Waals surface area contributed by atoms with Crippen LogP contribution in [0.5, 0.6) is 0 Å². The highest BCUT2D eigenvalue weighted by atomic mass is 15.4. The normalized spacial score (nSPS) is 13.0. The number of nitrogens with zero attached hydrogens (tertiary/aromatic N) is 3. The number of para-hydroxylation sites is 1. The van der Waals surface area contributed by atoms with Gasteiger partial charge in [0.2, 0.25) is 0 Å². The Bertz CT molecular complexity index is 447. The molecule has 4 nitrogen and oxygen atoms in total. The lowest BCUT2D eigenvalue weighted by Gasteiger charge is -2.16. The minimum absolute atomic E-state index is 0.0461. The van der Waals surface area contributed by atoms with Crippen molar-refractivity contribution >= 4 is 0 Å². The molecule has 0 spiro atoms. The smallest absolute Gasteiger partial charge is 0.0815 e. The molecule has 0 amide bonds. The molecule has 2 rings (SSSR count). The van der Waals surface area contributed by atoms with Crippen molar-refractivity contribution < 1.29 is 0 Å². The van der Waals surface area contributed by atoms with E-state index in [0.29, 0.717) is 5.92 Å². The largest absolute Gasteiger partial charge is 0.322 e. The Morgan fingerprint density at radius 2 is 1.88 bits per heavy atom. The van der Waals surface area contributed by atoms with E-state index in [1.54, 1.807) is 10.9 Å². The average Bonchev–Trinajstić information content (AvgIpc) is 2.77. The lowest BCUT2D eigenvalue weighted by Crippen LogP contribution is -2.20. The van der Waals surface area contributed by atoms with Gasteiger partial charge in [0.1, 0.15) is 0 Å². The van der Waals surface area contributed by atoms with E-state index in [1.165, 1.54) is 0 Å². The maximum absolute atomic E-state index is 6.12. The minimum Gasteiger partial charge on any atom is -0.322 e. The first-order chi connectivity index (χ1) is 7.70. The molecule has 84 valence electrons. The summed E-state index contributed by atoms with van der Waals surface area (Å²) < 4.78 is 1.80. The molecule has 1 aromatic carbocycles. The second-order valence-electron chi connectivity index (χ2n) is 4.18. The second kappa shape index (κ2) is 4.45. The van der Waals surface area contributed by atoms with Gasteiger partial charge in [0.25, 0.3) is 0 Å². The van der Waals surface area contributed by atoms with Crippen LogP contribution >= 0.6 is 0 Å². The Balaban J connectivity index is 2.40.